The van der Waals surface area contributed by atoms with Crippen LogP contribution in [-0.4, -0.2) is 60.4 Å². The second kappa shape index (κ2) is 5.77. The summed E-state index contributed by atoms with van der Waals surface area (Å²) in [6.07, 6.45) is 1.71. The summed E-state index contributed by atoms with van der Waals surface area (Å²) in [4.78, 5) is 43.2. The van der Waals surface area contributed by atoms with Crippen molar-refractivity contribution < 1.29 is 19.1 Å². The Morgan fingerprint density at radius 1 is 1.30 bits per heavy atom. The summed E-state index contributed by atoms with van der Waals surface area (Å²) >= 11 is 6.33. The van der Waals surface area contributed by atoms with Gasteiger partial charge in [-0.15, -0.1) is 0 Å². The number of hydrogen-bond donors (Lipinski definition) is 1. The number of carbonyl (C=O) groups excluding carboxylic acids is 3. The molecule has 3 fully saturated rings. The van der Waals surface area contributed by atoms with Gasteiger partial charge < -0.3 is 10.1 Å². The molecule has 1 aromatic rings. The van der Waals surface area contributed by atoms with E-state index in [-0.39, 0.29) is 36.9 Å². The van der Waals surface area contributed by atoms with Crippen LogP contribution in [0.1, 0.15) is 18.4 Å². The second-order valence-corrected chi connectivity index (χ2v) is 8.02. The highest BCUT2D eigenvalue weighted by molar-refractivity contribution is 6.35. The van der Waals surface area contributed by atoms with Crippen LogP contribution in [0.2, 0.25) is 5.02 Å². The van der Waals surface area contributed by atoms with Crippen LogP contribution in [0, 0.1) is 11.8 Å². The van der Waals surface area contributed by atoms with E-state index in [1.807, 2.05) is 6.07 Å². The zero-order chi connectivity index (χ0) is 18.9. The Morgan fingerprint density at radius 3 is 2.89 bits per heavy atom. The van der Waals surface area contributed by atoms with E-state index in [0.29, 0.717) is 22.8 Å². The molecule has 3 saturated heterocycles. The third kappa shape index (κ3) is 1.92. The zero-order valence-corrected chi connectivity index (χ0v) is 15.7. The first-order valence-corrected chi connectivity index (χ1v) is 9.62. The zero-order valence-electron chi connectivity index (χ0n) is 14.9. The lowest BCUT2D eigenvalue weighted by Gasteiger charge is -2.36. The smallest absolute Gasteiger partial charge is 0.250 e. The number of anilines is 1. The summed E-state index contributed by atoms with van der Waals surface area (Å²) in [6, 6.07) is 5.27. The largest absolute Gasteiger partial charge is 0.383 e. The number of ether oxygens (including phenoxy) is 1. The summed E-state index contributed by atoms with van der Waals surface area (Å²) < 4.78 is 5.07. The minimum absolute atomic E-state index is 0.102. The number of rotatable bonds is 3. The number of carbonyl (C=O) groups is 3. The molecule has 4 heterocycles. The average Bonchev–Trinajstić information content (AvgIpc) is 3.34. The Bertz CT molecular complexity index is 875. The molecular formula is C19H20ClN3O4. The molecule has 4 aliphatic rings. The summed E-state index contributed by atoms with van der Waals surface area (Å²) in [5.74, 6) is -1.92. The predicted octanol–water partition coefficient (Wildman–Crippen LogP) is 1.21. The molecule has 0 bridgehead atoms. The summed E-state index contributed by atoms with van der Waals surface area (Å²) in [5.41, 5.74) is 0.126. The maximum Gasteiger partial charge on any atom is 0.250 e. The highest BCUT2D eigenvalue weighted by Crippen LogP contribution is 2.60. The van der Waals surface area contributed by atoms with Gasteiger partial charge in [-0.25, -0.2) is 0 Å². The molecule has 7 nitrogen and oxygen atoms in total. The number of halogens is 1. The van der Waals surface area contributed by atoms with Crippen LogP contribution in [0.25, 0.3) is 0 Å². The number of nitrogens with zero attached hydrogens (tertiary/aromatic N) is 2. The third-order valence-electron chi connectivity index (χ3n) is 6.59. The fraction of sp³-hybridized carbons (Fsp3) is 0.526. The molecule has 4 atom stereocenters. The van der Waals surface area contributed by atoms with Gasteiger partial charge in [0.25, 0.3) is 5.91 Å². The Hall–Kier alpha value is -1.96. The number of imide groups is 1. The standard InChI is InChI=1S/C19H20ClN3O4/c1-27-9-8-22-16(24)13-12-6-3-7-23(12)19(14(13)17(22)25)10-4-2-5-11(20)15(10)21-18(19)26/h2,4-5,12-14H,3,6-9H2,1H3,(H,21,26)/t12-,13-,14+,19-/m1/s1. The Kier molecular flexibility index (Phi) is 3.67. The lowest BCUT2D eigenvalue weighted by Crippen LogP contribution is -2.54. The van der Waals surface area contributed by atoms with Crippen LogP contribution in [0.4, 0.5) is 5.69 Å². The first kappa shape index (κ1) is 17.2. The molecule has 27 heavy (non-hydrogen) atoms. The van der Waals surface area contributed by atoms with Crippen molar-refractivity contribution in [1.82, 2.24) is 9.80 Å². The van der Waals surface area contributed by atoms with Gasteiger partial charge in [-0.1, -0.05) is 23.7 Å². The van der Waals surface area contributed by atoms with Gasteiger partial charge in [0.15, 0.2) is 0 Å². The van der Waals surface area contributed by atoms with E-state index in [2.05, 4.69) is 10.2 Å². The number of methoxy groups -OCH3 is 1. The van der Waals surface area contributed by atoms with Gasteiger partial charge >= 0.3 is 0 Å². The van der Waals surface area contributed by atoms with Gasteiger partial charge in [-0.05, 0) is 25.5 Å². The number of likely N-dealkylation sites (tertiary alicyclic amines) is 1. The van der Waals surface area contributed by atoms with Crippen LogP contribution in [0.15, 0.2) is 18.2 Å². The molecular weight excluding hydrogens is 370 g/mol. The summed E-state index contributed by atoms with van der Waals surface area (Å²) in [5, 5.41) is 3.35. The van der Waals surface area contributed by atoms with E-state index in [0.717, 1.165) is 12.8 Å². The molecule has 1 aromatic carbocycles. The lowest BCUT2D eigenvalue weighted by atomic mass is 9.75. The molecule has 5 rings (SSSR count). The highest BCUT2D eigenvalue weighted by Gasteiger charge is 2.74. The van der Waals surface area contributed by atoms with Crippen molar-refractivity contribution in [3.63, 3.8) is 0 Å². The number of amides is 3. The van der Waals surface area contributed by atoms with Crippen molar-refractivity contribution in [2.75, 3.05) is 32.1 Å². The Morgan fingerprint density at radius 2 is 2.11 bits per heavy atom. The van der Waals surface area contributed by atoms with E-state index >= 15 is 0 Å². The molecule has 0 aliphatic carbocycles. The maximum atomic E-state index is 13.3. The van der Waals surface area contributed by atoms with E-state index in [4.69, 9.17) is 16.3 Å². The second-order valence-electron chi connectivity index (χ2n) is 7.61. The van der Waals surface area contributed by atoms with Crippen molar-refractivity contribution in [1.29, 1.82) is 0 Å². The van der Waals surface area contributed by atoms with Crippen molar-refractivity contribution in [2.24, 2.45) is 11.8 Å². The van der Waals surface area contributed by atoms with Crippen molar-refractivity contribution in [3.05, 3.63) is 28.8 Å². The van der Waals surface area contributed by atoms with Crippen LogP contribution in [0.5, 0.6) is 0 Å². The van der Waals surface area contributed by atoms with Gasteiger partial charge in [-0.3, -0.25) is 24.2 Å². The summed E-state index contributed by atoms with van der Waals surface area (Å²) in [7, 11) is 1.54. The number of fused-ring (bicyclic) bond motifs is 7. The van der Waals surface area contributed by atoms with E-state index < -0.39 is 17.4 Å². The van der Waals surface area contributed by atoms with Crippen LogP contribution in [-0.2, 0) is 24.7 Å². The third-order valence-corrected chi connectivity index (χ3v) is 6.90. The van der Waals surface area contributed by atoms with Crippen molar-refractivity contribution >= 4 is 35.0 Å². The fourth-order valence-electron chi connectivity index (χ4n) is 5.66. The van der Waals surface area contributed by atoms with Crippen LogP contribution in [0.3, 0.4) is 0 Å². The van der Waals surface area contributed by atoms with Crippen molar-refractivity contribution in [3.8, 4) is 0 Å². The van der Waals surface area contributed by atoms with Gasteiger partial charge in [0.05, 0.1) is 35.7 Å². The predicted molar refractivity (Wildman–Crippen MR) is 97.1 cm³/mol. The number of benzene rings is 1. The Labute approximate surface area is 161 Å². The number of nitrogens with one attached hydrogen (secondary N) is 1. The van der Waals surface area contributed by atoms with Gasteiger partial charge in [0, 0.05) is 18.7 Å². The minimum Gasteiger partial charge on any atom is -0.383 e. The van der Waals surface area contributed by atoms with Crippen molar-refractivity contribution in [2.45, 2.75) is 24.4 Å². The Balaban J connectivity index is 1.70. The molecule has 4 aliphatic heterocycles. The van der Waals surface area contributed by atoms with E-state index in [9.17, 15) is 14.4 Å². The molecule has 0 unspecified atom stereocenters. The minimum atomic E-state index is -1.15. The molecule has 0 radical (unpaired) electrons. The van der Waals surface area contributed by atoms with E-state index in [1.165, 1.54) is 12.0 Å². The molecule has 3 amide bonds. The molecule has 0 aromatic heterocycles. The first-order chi connectivity index (χ1) is 13.0. The lowest BCUT2D eigenvalue weighted by molar-refractivity contribution is -0.146. The molecule has 1 spiro atoms. The highest BCUT2D eigenvalue weighted by atomic mass is 35.5. The first-order valence-electron chi connectivity index (χ1n) is 9.24. The monoisotopic (exact) mass is 389 g/mol. The maximum absolute atomic E-state index is 13.3. The van der Waals surface area contributed by atoms with Gasteiger partial charge in [0.2, 0.25) is 11.8 Å². The summed E-state index contributed by atoms with van der Waals surface area (Å²) in [6.45, 7) is 1.19. The van der Waals surface area contributed by atoms with Crippen LogP contribution >= 0.6 is 11.6 Å². The van der Waals surface area contributed by atoms with Gasteiger partial charge in [-0.2, -0.15) is 0 Å². The fourth-order valence-corrected chi connectivity index (χ4v) is 5.88. The SMILES string of the molecule is COCCN1C(=O)[C@@H]2[C@H]3CCCN3[C@@]3(C(=O)Nc4c(Cl)cccc43)[C@@H]2C1=O. The number of hydrogen-bond acceptors (Lipinski definition) is 5. The van der Waals surface area contributed by atoms with E-state index in [1.54, 1.807) is 12.1 Å². The average molecular weight is 390 g/mol. The quantitative estimate of drug-likeness (QED) is 0.786. The van der Waals surface area contributed by atoms with Crippen LogP contribution < -0.4 is 5.32 Å². The molecule has 142 valence electrons. The molecule has 1 N–H and O–H groups in total. The topological polar surface area (TPSA) is 79.0 Å². The normalized spacial score (nSPS) is 34.4. The molecule has 0 saturated carbocycles. The van der Waals surface area contributed by atoms with Gasteiger partial charge in [0.1, 0.15) is 5.54 Å². The number of para-hydroxylation sites is 1. The molecule has 8 heteroatoms.